The summed E-state index contributed by atoms with van der Waals surface area (Å²) < 4.78 is 22.7. The fraction of sp³-hybridized carbons (Fsp3) is 0.667. The molecule has 3 saturated heterocycles. The number of rotatable bonds is 3. The van der Waals surface area contributed by atoms with Gasteiger partial charge in [0.05, 0.1) is 25.7 Å². The van der Waals surface area contributed by atoms with Crippen LogP contribution >= 0.6 is 0 Å². The van der Waals surface area contributed by atoms with E-state index in [1.807, 2.05) is 29.2 Å². The number of carbonyl (C=O) groups is 1. The predicted molar refractivity (Wildman–Crippen MR) is 99.8 cm³/mol. The van der Waals surface area contributed by atoms with Crippen molar-refractivity contribution in [3.63, 3.8) is 0 Å². The Morgan fingerprint density at radius 3 is 2.19 bits per heavy atom. The number of amides is 1. The van der Waals surface area contributed by atoms with Gasteiger partial charge in [-0.3, -0.25) is 4.79 Å². The van der Waals surface area contributed by atoms with Crippen LogP contribution in [0.2, 0.25) is 0 Å². The second kappa shape index (κ2) is 7.78. The summed E-state index contributed by atoms with van der Waals surface area (Å²) in [6.45, 7) is 4.08. The molecule has 3 fully saturated rings. The predicted octanol–water partition coefficient (Wildman–Crippen LogP) is 2.50. The van der Waals surface area contributed by atoms with Crippen LogP contribution in [-0.4, -0.2) is 63.2 Å². The van der Waals surface area contributed by atoms with Gasteiger partial charge in [-0.2, -0.15) is 0 Å². The van der Waals surface area contributed by atoms with Gasteiger partial charge < -0.3 is 23.8 Å². The minimum atomic E-state index is -0.511. The van der Waals surface area contributed by atoms with E-state index in [-0.39, 0.29) is 5.91 Å². The van der Waals surface area contributed by atoms with Gasteiger partial charge in [-0.05, 0) is 37.0 Å². The van der Waals surface area contributed by atoms with Crippen LogP contribution in [0.25, 0.3) is 0 Å². The van der Waals surface area contributed by atoms with E-state index in [4.69, 9.17) is 18.9 Å². The standard InChI is InChI=1S/C21H29NO5/c1-24-18-5-3-17(4-6-18)20(9-15-25-16-10-20)19(23)22-11-7-21(8-12-22)26-13-2-14-27-21/h3-6H,2,7-16H2,1H3. The Morgan fingerprint density at radius 2 is 1.59 bits per heavy atom. The Hall–Kier alpha value is -1.63. The Kier molecular flexibility index (Phi) is 5.39. The molecule has 1 amide bonds. The van der Waals surface area contributed by atoms with Crippen LogP contribution < -0.4 is 4.74 Å². The van der Waals surface area contributed by atoms with E-state index >= 15 is 0 Å². The maximum absolute atomic E-state index is 13.7. The number of likely N-dealkylation sites (tertiary alicyclic amines) is 1. The molecule has 0 aromatic heterocycles. The molecule has 27 heavy (non-hydrogen) atoms. The van der Waals surface area contributed by atoms with Crippen LogP contribution in [0.4, 0.5) is 0 Å². The number of nitrogens with zero attached hydrogens (tertiary/aromatic N) is 1. The molecule has 1 spiro atoms. The molecule has 3 heterocycles. The van der Waals surface area contributed by atoms with E-state index in [2.05, 4.69) is 0 Å². The van der Waals surface area contributed by atoms with Crippen molar-refractivity contribution in [2.24, 2.45) is 0 Å². The molecule has 6 heteroatoms. The minimum absolute atomic E-state index is 0.210. The van der Waals surface area contributed by atoms with Crippen molar-refractivity contribution >= 4 is 5.91 Å². The average Bonchev–Trinajstić information content (AvgIpc) is 2.75. The van der Waals surface area contributed by atoms with E-state index < -0.39 is 11.2 Å². The van der Waals surface area contributed by atoms with Crippen LogP contribution in [-0.2, 0) is 24.4 Å². The average molecular weight is 375 g/mol. The summed E-state index contributed by atoms with van der Waals surface area (Å²) in [6.07, 6.45) is 3.87. The Labute approximate surface area is 160 Å². The molecule has 148 valence electrons. The van der Waals surface area contributed by atoms with Gasteiger partial charge in [-0.25, -0.2) is 0 Å². The first-order valence-corrected chi connectivity index (χ1v) is 9.97. The van der Waals surface area contributed by atoms with Crippen LogP contribution in [0.3, 0.4) is 0 Å². The summed E-state index contributed by atoms with van der Waals surface area (Å²) in [7, 11) is 1.66. The van der Waals surface area contributed by atoms with Gasteiger partial charge in [0.1, 0.15) is 5.75 Å². The topological polar surface area (TPSA) is 57.2 Å². The molecular weight excluding hydrogens is 346 g/mol. The largest absolute Gasteiger partial charge is 0.497 e. The normalized spacial score (nSPS) is 24.6. The lowest BCUT2D eigenvalue weighted by Gasteiger charge is -2.46. The fourth-order valence-corrected chi connectivity index (χ4v) is 4.51. The molecule has 0 aliphatic carbocycles. The van der Waals surface area contributed by atoms with Gasteiger partial charge in [0, 0.05) is 39.1 Å². The quantitative estimate of drug-likeness (QED) is 0.812. The number of carbonyl (C=O) groups excluding carboxylic acids is 1. The van der Waals surface area contributed by atoms with Gasteiger partial charge in [-0.15, -0.1) is 0 Å². The molecule has 0 unspecified atom stereocenters. The lowest BCUT2D eigenvalue weighted by molar-refractivity contribution is -0.283. The SMILES string of the molecule is COc1ccc(C2(C(=O)N3CCC4(CC3)OCCCO4)CCOCC2)cc1. The number of hydrogen-bond acceptors (Lipinski definition) is 5. The first kappa shape index (κ1) is 18.7. The van der Waals surface area contributed by atoms with Crippen molar-refractivity contribution in [1.29, 1.82) is 0 Å². The number of ether oxygens (including phenoxy) is 4. The highest BCUT2D eigenvalue weighted by Gasteiger charge is 2.47. The highest BCUT2D eigenvalue weighted by atomic mass is 16.7. The zero-order valence-electron chi connectivity index (χ0n) is 16.1. The Bertz CT molecular complexity index is 637. The molecule has 4 rings (SSSR count). The van der Waals surface area contributed by atoms with E-state index in [9.17, 15) is 4.79 Å². The van der Waals surface area contributed by atoms with Crippen molar-refractivity contribution in [2.45, 2.75) is 43.3 Å². The maximum atomic E-state index is 13.7. The Balaban J connectivity index is 1.53. The summed E-state index contributed by atoms with van der Waals surface area (Å²) in [5.41, 5.74) is 0.547. The van der Waals surface area contributed by atoms with E-state index in [0.29, 0.717) is 39.1 Å². The highest BCUT2D eigenvalue weighted by molar-refractivity contribution is 5.88. The molecule has 1 aromatic carbocycles. The van der Waals surface area contributed by atoms with Crippen molar-refractivity contribution < 1.29 is 23.7 Å². The minimum Gasteiger partial charge on any atom is -0.497 e. The van der Waals surface area contributed by atoms with Crippen LogP contribution in [0.1, 0.15) is 37.7 Å². The van der Waals surface area contributed by atoms with Gasteiger partial charge >= 0.3 is 0 Å². The zero-order chi connectivity index (χ0) is 18.7. The first-order chi connectivity index (χ1) is 13.2. The molecule has 0 N–H and O–H groups in total. The van der Waals surface area contributed by atoms with Gasteiger partial charge in [-0.1, -0.05) is 12.1 Å². The molecule has 6 nitrogen and oxygen atoms in total. The van der Waals surface area contributed by atoms with Crippen molar-refractivity contribution in [2.75, 3.05) is 46.6 Å². The first-order valence-electron chi connectivity index (χ1n) is 9.97. The number of methoxy groups -OCH3 is 1. The fourth-order valence-electron chi connectivity index (χ4n) is 4.51. The smallest absolute Gasteiger partial charge is 0.233 e. The summed E-state index contributed by atoms with van der Waals surface area (Å²) in [4.78, 5) is 15.7. The summed E-state index contributed by atoms with van der Waals surface area (Å²) in [5.74, 6) is 0.541. The molecular formula is C21H29NO5. The van der Waals surface area contributed by atoms with Crippen LogP contribution in [0.5, 0.6) is 5.75 Å². The molecule has 0 saturated carbocycles. The highest BCUT2D eigenvalue weighted by Crippen LogP contribution is 2.39. The van der Waals surface area contributed by atoms with E-state index in [1.165, 1.54) is 0 Å². The van der Waals surface area contributed by atoms with Crippen molar-refractivity contribution in [3.8, 4) is 5.75 Å². The lowest BCUT2D eigenvalue weighted by atomic mass is 9.72. The molecule has 1 aromatic rings. The zero-order valence-corrected chi connectivity index (χ0v) is 16.1. The van der Waals surface area contributed by atoms with Crippen molar-refractivity contribution in [3.05, 3.63) is 29.8 Å². The lowest BCUT2D eigenvalue weighted by Crippen LogP contribution is -2.56. The van der Waals surface area contributed by atoms with Crippen molar-refractivity contribution in [1.82, 2.24) is 4.90 Å². The second-order valence-corrected chi connectivity index (χ2v) is 7.68. The van der Waals surface area contributed by atoms with E-state index in [0.717, 1.165) is 43.8 Å². The van der Waals surface area contributed by atoms with Crippen LogP contribution in [0.15, 0.2) is 24.3 Å². The summed E-state index contributed by atoms with van der Waals surface area (Å²) in [6, 6.07) is 7.94. The van der Waals surface area contributed by atoms with Gasteiger partial charge in [0.15, 0.2) is 5.79 Å². The molecule has 0 atom stereocenters. The summed E-state index contributed by atoms with van der Waals surface area (Å²) in [5, 5.41) is 0. The molecule has 3 aliphatic rings. The Morgan fingerprint density at radius 1 is 0.963 bits per heavy atom. The number of piperidine rings is 1. The third-order valence-electron chi connectivity index (χ3n) is 6.23. The molecule has 0 radical (unpaired) electrons. The van der Waals surface area contributed by atoms with Gasteiger partial charge in [0.25, 0.3) is 0 Å². The summed E-state index contributed by atoms with van der Waals surface area (Å²) >= 11 is 0. The third kappa shape index (κ3) is 3.58. The number of benzene rings is 1. The second-order valence-electron chi connectivity index (χ2n) is 7.68. The molecule has 0 bridgehead atoms. The van der Waals surface area contributed by atoms with Gasteiger partial charge in [0.2, 0.25) is 5.91 Å². The number of hydrogen-bond donors (Lipinski definition) is 0. The molecule has 3 aliphatic heterocycles. The maximum Gasteiger partial charge on any atom is 0.233 e. The van der Waals surface area contributed by atoms with E-state index in [1.54, 1.807) is 7.11 Å². The van der Waals surface area contributed by atoms with Crippen LogP contribution in [0, 0.1) is 0 Å². The monoisotopic (exact) mass is 375 g/mol. The third-order valence-corrected chi connectivity index (χ3v) is 6.23.